The van der Waals surface area contributed by atoms with E-state index in [-0.39, 0.29) is 11.8 Å². The molecule has 1 heterocycles. The van der Waals surface area contributed by atoms with Gasteiger partial charge in [-0.15, -0.1) is 0 Å². The largest absolute Gasteiger partial charge is 0.435 e. The topological polar surface area (TPSA) is 30.5 Å². The summed E-state index contributed by atoms with van der Waals surface area (Å²) in [6.45, 7) is 0.827. The van der Waals surface area contributed by atoms with E-state index in [1.54, 1.807) is 12.1 Å². The van der Waals surface area contributed by atoms with Crippen molar-refractivity contribution in [3.05, 3.63) is 24.3 Å². The van der Waals surface area contributed by atoms with Gasteiger partial charge in [0.05, 0.1) is 6.61 Å². The zero-order chi connectivity index (χ0) is 13.0. The summed E-state index contributed by atoms with van der Waals surface area (Å²) in [4.78, 5) is 0. The van der Waals surface area contributed by atoms with Gasteiger partial charge in [0.25, 0.3) is 0 Å². The first-order valence-electron chi connectivity index (χ1n) is 6.04. The van der Waals surface area contributed by atoms with Crippen molar-refractivity contribution < 1.29 is 18.3 Å². The highest BCUT2D eigenvalue weighted by Crippen LogP contribution is 2.23. The monoisotopic (exact) mass is 257 g/mol. The van der Waals surface area contributed by atoms with Crippen molar-refractivity contribution in [2.75, 3.05) is 18.5 Å². The first-order valence-corrected chi connectivity index (χ1v) is 6.04. The van der Waals surface area contributed by atoms with E-state index >= 15 is 0 Å². The molecule has 18 heavy (non-hydrogen) atoms. The Morgan fingerprint density at radius 2 is 2.28 bits per heavy atom. The molecule has 0 aliphatic carbocycles. The second-order valence-electron chi connectivity index (χ2n) is 4.46. The lowest BCUT2D eigenvalue weighted by Gasteiger charge is -2.20. The first kappa shape index (κ1) is 13.1. The molecule has 0 bridgehead atoms. The highest BCUT2D eigenvalue weighted by molar-refractivity contribution is 5.48. The standard InChI is InChI=1S/C13H17F2NO2/c1-9(10-5-6-17-8-10)16-11-3-2-4-12(7-11)18-13(14)15/h2-4,7,9-10,13,16H,5-6,8H2,1H3. The van der Waals surface area contributed by atoms with E-state index in [1.807, 2.05) is 6.07 Å². The summed E-state index contributed by atoms with van der Waals surface area (Å²) in [5, 5.41) is 3.29. The zero-order valence-corrected chi connectivity index (χ0v) is 10.2. The van der Waals surface area contributed by atoms with Crippen LogP contribution in [0, 0.1) is 5.92 Å². The van der Waals surface area contributed by atoms with Crippen LogP contribution in [-0.4, -0.2) is 25.9 Å². The predicted molar refractivity (Wildman–Crippen MR) is 65.1 cm³/mol. The Labute approximate surface area is 105 Å². The van der Waals surface area contributed by atoms with Crippen LogP contribution >= 0.6 is 0 Å². The lowest BCUT2D eigenvalue weighted by atomic mass is 10.0. The summed E-state index contributed by atoms with van der Waals surface area (Å²) in [6, 6.07) is 6.87. The number of rotatable bonds is 5. The summed E-state index contributed by atoms with van der Waals surface area (Å²) in [7, 11) is 0. The Morgan fingerprint density at radius 1 is 1.44 bits per heavy atom. The Hall–Kier alpha value is -1.36. The van der Waals surface area contributed by atoms with Gasteiger partial charge in [0.1, 0.15) is 5.75 Å². The molecular weight excluding hydrogens is 240 g/mol. The number of ether oxygens (including phenoxy) is 2. The molecule has 2 unspecified atom stereocenters. The third kappa shape index (κ3) is 3.57. The van der Waals surface area contributed by atoms with Crippen LogP contribution in [0.3, 0.4) is 0 Å². The van der Waals surface area contributed by atoms with Gasteiger partial charge in [-0.1, -0.05) is 6.07 Å². The number of hydrogen-bond acceptors (Lipinski definition) is 3. The van der Waals surface area contributed by atoms with Crippen LogP contribution in [0.2, 0.25) is 0 Å². The van der Waals surface area contributed by atoms with Gasteiger partial charge in [-0.2, -0.15) is 8.78 Å². The molecule has 1 aromatic rings. The van der Waals surface area contributed by atoms with Gasteiger partial charge in [0, 0.05) is 30.3 Å². The maximum atomic E-state index is 12.1. The fourth-order valence-electron chi connectivity index (χ4n) is 2.09. The zero-order valence-electron chi connectivity index (χ0n) is 10.2. The average molecular weight is 257 g/mol. The molecule has 2 rings (SSSR count). The second kappa shape index (κ2) is 6.00. The SMILES string of the molecule is CC(Nc1cccc(OC(F)F)c1)C1CCOC1. The van der Waals surface area contributed by atoms with Crippen molar-refractivity contribution in [2.24, 2.45) is 5.92 Å². The Bertz CT molecular complexity index is 381. The van der Waals surface area contributed by atoms with Crippen LogP contribution in [-0.2, 0) is 4.74 Å². The molecule has 0 saturated carbocycles. The lowest BCUT2D eigenvalue weighted by Crippen LogP contribution is -2.26. The molecule has 1 aliphatic heterocycles. The Balaban J connectivity index is 1.95. The number of halogens is 2. The molecule has 1 aliphatic rings. The molecule has 0 amide bonds. The highest BCUT2D eigenvalue weighted by Gasteiger charge is 2.22. The van der Waals surface area contributed by atoms with Crippen molar-refractivity contribution in [3.8, 4) is 5.75 Å². The molecule has 1 N–H and O–H groups in total. The quantitative estimate of drug-likeness (QED) is 0.879. The molecule has 1 aromatic carbocycles. The predicted octanol–water partition coefficient (Wildman–Crippen LogP) is 3.12. The number of benzene rings is 1. The summed E-state index contributed by atoms with van der Waals surface area (Å²) in [6.07, 6.45) is 1.03. The van der Waals surface area contributed by atoms with Crippen LogP contribution in [0.15, 0.2) is 24.3 Å². The Morgan fingerprint density at radius 3 is 2.94 bits per heavy atom. The van der Waals surface area contributed by atoms with Crippen molar-refractivity contribution >= 4 is 5.69 Å². The minimum atomic E-state index is -2.79. The minimum Gasteiger partial charge on any atom is -0.435 e. The Kier molecular flexibility index (Phi) is 4.36. The summed E-state index contributed by atoms with van der Waals surface area (Å²) in [5.74, 6) is 0.634. The van der Waals surface area contributed by atoms with Crippen LogP contribution in [0.5, 0.6) is 5.75 Å². The van der Waals surface area contributed by atoms with Crippen LogP contribution in [0.1, 0.15) is 13.3 Å². The third-order valence-electron chi connectivity index (χ3n) is 3.13. The van der Waals surface area contributed by atoms with Gasteiger partial charge in [-0.25, -0.2) is 0 Å². The third-order valence-corrected chi connectivity index (χ3v) is 3.13. The molecule has 0 aromatic heterocycles. The van der Waals surface area contributed by atoms with Gasteiger partial charge in [-0.3, -0.25) is 0 Å². The smallest absolute Gasteiger partial charge is 0.387 e. The van der Waals surface area contributed by atoms with Crippen LogP contribution in [0.4, 0.5) is 14.5 Å². The first-order chi connectivity index (χ1) is 8.65. The maximum Gasteiger partial charge on any atom is 0.387 e. The van der Waals surface area contributed by atoms with Gasteiger partial charge < -0.3 is 14.8 Å². The van der Waals surface area contributed by atoms with Crippen molar-refractivity contribution in [3.63, 3.8) is 0 Å². The van der Waals surface area contributed by atoms with E-state index in [0.717, 1.165) is 25.3 Å². The van der Waals surface area contributed by atoms with E-state index < -0.39 is 6.61 Å². The molecule has 1 fully saturated rings. The van der Waals surface area contributed by atoms with Crippen molar-refractivity contribution in [1.82, 2.24) is 0 Å². The molecule has 5 heteroatoms. The molecule has 1 saturated heterocycles. The lowest BCUT2D eigenvalue weighted by molar-refractivity contribution is -0.0498. The number of anilines is 1. The van der Waals surface area contributed by atoms with E-state index in [2.05, 4.69) is 17.0 Å². The normalized spacial score (nSPS) is 21.0. The van der Waals surface area contributed by atoms with Gasteiger partial charge >= 0.3 is 6.61 Å². The fourth-order valence-corrected chi connectivity index (χ4v) is 2.09. The van der Waals surface area contributed by atoms with Gasteiger partial charge in [0.15, 0.2) is 0 Å². The van der Waals surface area contributed by atoms with E-state index in [1.165, 1.54) is 6.07 Å². The van der Waals surface area contributed by atoms with Crippen molar-refractivity contribution in [2.45, 2.75) is 26.0 Å². The molecule has 2 atom stereocenters. The second-order valence-corrected chi connectivity index (χ2v) is 4.46. The van der Waals surface area contributed by atoms with E-state index in [0.29, 0.717) is 5.92 Å². The summed E-state index contributed by atoms with van der Waals surface area (Å²) in [5.41, 5.74) is 0.785. The van der Waals surface area contributed by atoms with Gasteiger partial charge in [-0.05, 0) is 25.5 Å². The maximum absolute atomic E-state index is 12.1. The molecule has 100 valence electrons. The number of hydrogen-bond donors (Lipinski definition) is 1. The molecule has 0 radical (unpaired) electrons. The summed E-state index contributed by atoms with van der Waals surface area (Å²) < 4.78 is 33.9. The van der Waals surface area contributed by atoms with Crippen LogP contribution < -0.4 is 10.1 Å². The fraction of sp³-hybridized carbons (Fsp3) is 0.538. The molecule has 0 spiro atoms. The molecule has 3 nitrogen and oxygen atoms in total. The van der Waals surface area contributed by atoms with Gasteiger partial charge in [0.2, 0.25) is 0 Å². The highest BCUT2D eigenvalue weighted by atomic mass is 19.3. The van der Waals surface area contributed by atoms with Crippen molar-refractivity contribution in [1.29, 1.82) is 0 Å². The van der Waals surface area contributed by atoms with Crippen LogP contribution in [0.25, 0.3) is 0 Å². The van der Waals surface area contributed by atoms with E-state index in [4.69, 9.17) is 4.74 Å². The average Bonchev–Trinajstić information content (AvgIpc) is 2.81. The minimum absolute atomic E-state index is 0.171. The summed E-state index contributed by atoms with van der Waals surface area (Å²) >= 11 is 0. The molecular formula is C13H17F2NO2. The number of nitrogens with one attached hydrogen (secondary N) is 1. The number of alkyl halides is 2. The van der Waals surface area contributed by atoms with E-state index in [9.17, 15) is 8.78 Å².